The van der Waals surface area contributed by atoms with Crippen LogP contribution < -0.4 is 0 Å². The fourth-order valence-corrected chi connectivity index (χ4v) is 4.61. The van der Waals surface area contributed by atoms with Gasteiger partial charge >= 0.3 is 0 Å². The minimum atomic E-state index is -1.38. The molecule has 0 amide bonds. The summed E-state index contributed by atoms with van der Waals surface area (Å²) < 4.78 is 15.7. The summed E-state index contributed by atoms with van der Waals surface area (Å²) in [6.45, 7) is 0.0905. The summed E-state index contributed by atoms with van der Waals surface area (Å²) >= 11 is 8.81. The molecule has 0 aliphatic heterocycles. The number of imidazole rings is 1. The summed E-state index contributed by atoms with van der Waals surface area (Å²) in [6.07, 6.45) is 3.62. The van der Waals surface area contributed by atoms with Crippen molar-refractivity contribution in [3.8, 4) is 6.07 Å². The molecular weight excluding hydrogens is 432 g/mol. The Kier molecular flexibility index (Phi) is 4.38. The van der Waals surface area contributed by atoms with E-state index < -0.39 is 10.5 Å². The maximum absolute atomic E-state index is 14.0. The number of hydrogen-bond donors (Lipinski definition) is 1. The van der Waals surface area contributed by atoms with E-state index in [9.17, 15) is 9.50 Å². The first-order chi connectivity index (χ1) is 10.9. The topological polar surface area (TPSA) is 61.8 Å². The van der Waals surface area contributed by atoms with Crippen LogP contribution >= 0.6 is 34.2 Å². The van der Waals surface area contributed by atoms with Crippen molar-refractivity contribution in [2.45, 2.75) is 33.8 Å². The molecule has 1 aromatic heterocycles. The van der Waals surface area contributed by atoms with Gasteiger partial charge in [0.2, 0.25) is 0 Å². The highest BCUT2D eigenvalue weighted by Gasteiger charge is 2.64. The lowest BCUT2D eigenvalue weighted by molar-refractivity contribution is 0.0108. The zero-order valence-electron chi connectivity index (χ0n) is 12.1. The van der Waals surface area contributed by atoms with Gasteiger partial charge in [-0.2, -0.15) is 5.26 Å². The number of benzene rings is 1. The minimum Gasteiger partial charge on any atom is -0.386 e. The van der Waals surface area contributed by atoms with Gasteiger partial charge in [0, 0.05) is 10.3 Å². The van der Waals surface area contributed by atoms with Gasteiger partial charge in [0.15, 0.2) is 0 Å². The predicted octanol–water partition coefficient (Wildman–Crippen LogP) is 3.05. The molecule has 3 atom stereocenters. The van der Waals surface area contributed by atoms with Crippen LogP contribution in [0, 0.1) is 17.1 Å². The Morgan fingerprint density at radius 3 is 2.87 bits per heavy atom. The molecule has 1 heterocycles. The smallest absolute Gasteiger partial charge is 0.139 e. The summed E-state index contributed by atoms with van der Waals surface area (Å²) in [5, 5.41) is 20.4. The highest BCUT2D eigenvalue weighted by atomic mass is 127. The molecule has 23 heavy (non-hydrogen) atoms. The molecule has 1 fully saturated rings. The lowest BCUT2D eigenvalue weighted by Gasteiger charge is -2.34. The molecule has 0 bridgehead atoms. The van der Waals surface area contributed by atoms with Crippen LogP contribution in [-0.2, 0) is 13.0 Å². The molecule has 2 aromatic rings. The molecule has 1 aliphatic rings. The van der Waals surface area contributed by atoms with Gasteiger partial charge in [0.25, 0.3) is 0 Å². The van der Waals surface area contributed by atoms with Crippen LogP contribution in [0.15, 0.2) is 36.8 Å². The minimum absolute atomic E-state index is 0.0751. The number of nitrogens with zero attached hydrogens (tertiary/aromatic N) is 3. The van der Waals surface area contributed by atoms with Crippen LogP contribution in [0.4, 0.5) is 4.39 Å². The molecule has 3 unspecified atom stereocenters. The summed E-state index contributed by atoms with van der Waals surface area (Å²) in [4.78, 5) is 3.09. The van der Waals surface area contributed by atoms with Crippen LogP contribution in [0.3, 0.4) is 0 Å². The number of rotatable bonds is 5. The maximum Gasteiger partial charge on any atom is 0.139 e. The van der Waals surface area contributed by atoms with Crippen LogP contribution in [0.25, 0.3) is 0 Å². The summed E-state index contributed by atoms with van der Waals surface area (Å²) in [5.74, 6) is -0.372. The number of halogens is 3. The Hall–Kier alpha value is -1.17. The average Bonchev–Trinajstić information content (AvgIpc) is 2.95. The zero-order valence-corrected chi connectivity index (χ0v) is 15.0. The SMILES string of the molecule is N#Cc1cncn1CC(O)(Cc1ccccc1F)C1(Cl)CC1I. The molecule has 1 saturated carbocycles. The van der Waals surface area contributed by atoms with Gasteiger partial charge < -0.3 is 9.67 Å². The maximum atomic E-state index is 14.0. The van der Waals surface area contributed by atoms with Crippen LogP contribution in [-0.4, -0.2) is 29.1 Å². The third-order valence-corrected chi connectivity index (χ3v) is 6.93. The zero-order chi connectivity index (χ0) is 16.7. The molecule has 1 N–H and O–H groups in total. The van der Waals surface area contributed by atoms with E-state index in [0.717, 1.165) is 0 Å². The van der Waals surface area contributed by atoms with Crippen molar-refractivity contribution in [2.75, 3.05) is 0 Å². The van der Waals surface area contributed by atoms with Gasteiger partial charge in [0.05, 0.1) is 23.9 Å². The first-order valence-electron chi connectivity index (χ1n) is 7.08. The van der Waals surface area contributed by atoms with E-state index >= 15 is 0 Å². The summed E-state index contributed by atoms with van der Waals surface area (Å²) in [7, 11) is 0. The van der Waals surface area contributed by atoms with Gasteiger partial charge in [-0.3, -0.25) is 0 Å². The second kappa shape index (κ2) is 6.04. The van der Waals surface area contributed by atoms with Crippen molar-refractivity contribution in [3.63, 3.8) is 0 Å². The molecule has 3 rings (SSSR count). The van der Waals surface area contributed by atoms with Gasteiger partial charge in [-0.05, 0) is 18.1 Å². The first-order valence-corrected chi connectivity index (χ1v) is 8.71. The molecule has 4 nitrogen and oxygen atoms in total. The molecule has 7 heteroatoms. The highest BCUT2D eigenvalue weighted by molar-refractivity contribution is 14.1. The van der Waals surface area contributed by atoms with E-state index in [1.807, 2.05) is 6.07 Å². The van der Waals surface area contributed by atoms with Gasteiger partial charge in [-0.1, -0.05) is 40.8 Å². The fourth-order valence-electron chi connectivity index (χ4n) is 2.80. The number of alkyl halides is 2. The standard InChI is InChI=1S/C16H14ClFIN3O/c17-16(6-14(16)19)15(23,5-11-3-1-2-4-13(11)18)9-22-10-21-8-12(22)7-20/h1-4,8,10,14,23H,5-6,9H2. The Morgan fingerprint density at radius 2 is 2.26 bits per heavy atom. The quantitative estimate of drug-likeness (QED) is 0.568. The number of aliphatic hydroxyl groups is 1. The van der Waals surface area contributed by atoms with Crippen molar-refractivity contribution in [1.82, 2.24) is 9.55 Å². The van der Waals surface area contributed by atoms with Crippen molar-refractivity contribution in [1.29, 1.82) is 5.26 Å². The van der Waals surface area contributed by atoms with Crippen LogP contribution in [0.2, 0.25) is 0 Å². The Bertz CT molecular complexity index is 771. The van der Waals surface area contributed by atoms with Crippen LogP contribution in [0.1, 0.15) is 17.7 Å². The third-order valence-electron chi connectivity index (χ3n) is 4.29. The van der Waals surface area contributed by atoms with Crippen molar-refractivity contribution < 1.29 is 9.50 Å². The normalized spacial score (nSPS) is 25.6. The molecule has 0 radical (unpaired) electrons. The molecule has 120 valence electrons. The lowest BCUT2D eigenvalue weighted by Crippen LogP contribution is -2.48. The Morgan fingerprint density at radius 1 is 1.57 bits per heavy atom. The van der Waals surface area contributed by atoms with E-state index in [4.69, 9.17) is 16.9 Å². The first kappa shape index (κ1) is 16.7. The number of nitriles is 1. The summed E-state index contributed by atoms with van der Waals surface area (Å²) in [6, 6.07) is 8.37. The van der Waals surface area contributed by atoms with E-state index in [-0.39, 0.29) is 22.7 Å². The highest BCUT2D eigenvalue weighted by Crippen LogP contribution is 2.57. The molecular formula is C16H14ClFIN3O. The van der Waals surface area contributed by atoms with E-state index in [2.05, 4.69) is 27.6 Å². The third kappa shape index (κ3) is 2.97. The molecule has 0 spiro atoms. The van der Waals surface area contributed by atoms with Gasteiger partial charge in [-0.15, -0.1) is 11.6 Å². The predicted molar refractivity (Wildman–Crippen MR) is 93.0 cm³/mol. The number of hydrogen-bond acceptors (Lipinski definition) is 3. The summed E-state index contributed by atoms with van der Waals surface area (Å²) in [5.41, 5.74) is -0.637. The molecule has 1 aromatic carbocycles. The van der Waals surface area contributed by atoms with Crippen molar-refractivity contribution >= 4 is 34.2 Å². The Labute approximate surface area is 152 Å². The van der Waals surface area contributed by atoms with E-state index in [1.54, 1.807) is 22.8 Å². The second-order valence-corrected chi connectivity index (χ2v) is 8.03. The number of aromatic nitrogens is 2. The van der Waals surface area contributed by atoms with Crippen molar-refractivity contribution in [2.24, 2.45) is 0 Å². The second-order valence-electron chi connectivity index (χ2n) is 5.85. The Balaban J connectivity index is 1.96. The largest absolute Gasteiger partial charge is 0.386 e. The van der Waals surface area contributed by atoms with Gasteiger partial charge in [0.1, 0.15) is 23.2 Å². The van der Waals surface area contributed by atoms with Crippen molar-refractivity contribution in [3.05, 3.63) is 53.9 Å². The van der Waals surface area contributed by atoms with E-state index in [1.165, 1.54) is 18.6 Å². The fraction of sp³-hybridized carbons (Fsp3) is 0.375. The van der Waals surface area contributed by atoms with E-state index in [0.29, 0.717) is 17.7 Å². The van der Waals surface area contributed by atoms with Crippen LogP contribution in [0.5, 0.6) is 0 Å². The average molecular weight is 446 g/mol. The monoisotopic (exact) mass is 445 g/mol. The lowest BCUT2D eigenvalue weighted by atomic mass is 9.88. The molecule has 1 aliphatic carbocycles. The van der Waals surface area contributed by atoms with Gasteiger partial charge in [-0.25, -0.2) is 9.37 Å². The molecule has 0 saturated heterocycles.